The number of halogens is 1. The van der Waals surface area contributed by atoms with E-state index in [2.05, 4.69) is 10.3 Å². The monoisotopic (exact) mass is 384 g/mol. The second kappa shape index (κ2) is 8.22. The summed E-state index contributed by atoms with van der Waals surface area (Å²) in [6.07, 6.45) is 4.05. The van der Waals surface area contributed by atoms with Gasteiger partial charge in [-0.25, -0.2) is 14.4 Å². The van der Waals surface area contributed by atoms with E-state index in [9.17, 15) is 9.18 Å². The summed E-state index contributed by atoms with van der Waals surface area (Å²) in [5.41, 5.74) is 2.01. The molecule has 2 aliphatic rings. The topological polar surface area (TPSA) is 67.3 Å². The van der Waals surface area contributed by atoms with E-state index in [1.54, 1.807) is 24.0 Å². The third kappa shape index (κ3) is 3.99. The Bertz CT molecular complexity index is 854. The minimum absolute atomic E-state index is 0.0924. The first-order valence-corrected chi connectivity index (χ1v) is 9.87. The number of para-hydroxylation sites is 1. The van der Waals surface area contributed by atoms with Gasteiger partial charge in [0.15, 0.2) is 17.7 Å². The molecule has 2 atom stereocenters. The summed E-state index contributed by atoms with van der Waals surface area (Å²) < 4.78 is 19.3. The Labute approximate surface area is 164 Å². The minimum Gasteiger partial charge on any atom is -0.478 e. The molecule has 2 aromatic rings. The number of ether oxygens (including phenoxy) is 1. The first-order chi connectivity index (χ1) is 13.6. The number of carbonyl (C=O) groups excluding carboxylic acids is 1. The molecule has 28 heavy (non-hydrogen) atoms. The van der Waals surface area contributed by atoms with Crippen LogP contribution >= 0.6 is 0 Å². The molecule has 0 unspecified atom stereocenters. The van der Waals surface area contributed by atoms with Crippen LogP contribution in [0.5, 0.6) is 5.75 Å². The molecule has 0 aliphatic carbocycles. The predicted octanol–water partition coefficient (Wildman–Crippen LogP) is 2.43. The highest BCUT2D eigenvalue weighted by atomic mass is 19.1. The number of fused-ring (bicyclic) bond motifs is 1. The van der Waals surface area contributed by atoms with Crippen LogP contribution in [-0.4, -0.2) is 46.5 Å². The summed E-state index contributed by atoms with van der Waals surface area (Å²) in [4.78, 5) is 23.9. The highest BCUT2D eigenvalue weighted by molar-refractivity contribution is 5.81. The number of nitrogens with zero attached hydrogens (tertiary/aromatic N) is 3. The van der Waals surface area contributed by atoms with Crippen molar-refractivity contribution in [2.75, 3.05) is 19.6 Å². The fourth-order valence-electron chi connectivity index (χ4n) is 3.83. The van der Waals surface area contributed by atoms with E-state index in [-0.39, 0.29) is 11.7 Å². The Morgan fingerprint density at radius 1 is 1.39 bits per heavy atom. The smallest absolute Gasteiger partial charge is 0.263 e. The molecular formula is C21H25FN4O2. The van der Waals surface area contributed by atoms with Crippen molar-refractivity contribution in [3.63, 3.8) is 0 Å². The van der Waals surface area contributed by atoms with Gasteiger partial charge in [0.1, 0.15) is 5.82 Å². The molecule has 1 N–H and O–H groups in total. The van der Waals surface area contributed by atoms with Gasteiger partial charge in [0.25, 0.3) is 5.91 Å². The molecular weight excluding hydrogens is 359 g/mol. The number of benzene rings is 1. The van der Waals surface area contributed by atoms with E-state index in [0.29, 0.717) is 25.4 Å². The van der Waals surface area contributed by atoms with Crippen LogP contribution < -0.4 is 10.1 Å². The zero-order valence-corrected chi connectivity index (χ0v) is 16.0. The Hall–Kier alpha value is -2.54. The molecule has 6 nitrogen and oxygen atoms in total. The van der Waals surface area contributed by atoms with Crippen LogP contribution in [0.3, 0.4) is 0 Å². The fourth-order valence-corrected chi connectivity index (χ4v) is 3.83. The SMILES string of the molecule is C[C@H](Oc1ccccc1F)C(=O)N1CCc2nc([C@@H]3CCCNC3)ncc2C1. The maximum absolute atomic E-state index is 13.8. The van der Waals surface area contributed by atoms with Crippen LogP contribution in [-0.2, 0) is 17.8 Å². The van der Waals surface area contributed by atoms with Crippen molar-refractivity contribution in [1.29, 1.82) is 0 Å². The van der Waals surface area contributed by atoms with E-state index >= 15 is 0 Å². The molecule has 1 saturated heterocycles. The van der Waals surface area contributed by atoms with Crippen LogP contribution in [0.4, 0.5) is 4.39 Å². The van der Waals surface area contributed by atoms with Gasteiger partial charge in [0.2, 0.25) is 0 Å². The normalized spacial score (nSPS) is 20.4. The lowest BCUT2D eigenvalue weighted by Crippen LogP contribution is -2.43. The molecule has 0 saturated carbocycles. The summed E-state index contributed by atoms with van der Waals surface area (Å²) in [5.74, 6) is 0.739. The van der Waals surface area contributed by atoms with Crippen molar-refractivity contribution in [3.05, 3.63) is 53.4 Å². The Morgan fingerprint density at radius 2 is 2.25 bits per heavy atom. The highest BCUT2D eigenvalue weighted by Crippen LogP contribution is 2.24. The standard InChI is InChI=1S/C21H25FN4O2/c1-14(28-19-7-3-2-6-17(19)22)21(27)26-10-8-18-16(13-26)12-24-20(25-18)15-5-4-9-23-11-15/h2-3,6-7,12,14-15,23H,4-5,8-11,13H2,1H3/t14-,15+/m0/s1. The fraction of sp³-hybridized carbons (Fsp3) is 0.476. The quantitative estimate of drug-likeness (QED) is 0.877. The average Bonchev–Trinajstić information content (AvgIpc) is 2.74. The van der Waals surface area contributed by atoms with Gasteiger partial charge >= 0.3 is 0 Å². The van der Waals surface area contributed by atoms with E-state index in [1.807, 2.05) is 6.20 Å². The molecule has 1 aromatic heterocycles. The average molecular weight is 384 g/mol. The molecule has 0 radical (unpaired) electrons. The Kier molecular flexibility index (Phi) is 5.52. The summed E-state index contributed by atoms with van der Waals surface area (Å²) in [6.45, 7) is 4.68. The first kappa shape index (κ1) is 18.8. The van der Waals surface area contributed by atoms with E-state index in [0.717, 1.165) is 43.0 Å². The predicted molar refractivity (Wildman–Crippen MR) is 102 cm³/mol. The molecule has 3 heterocycles. The summed E-state index contributed by atoms with van der Waals surface area (Å²) in [6, 6.07) is 6.12. The van der Waals surface area contributed by atoms with Crippen LogP contribution in [0, 0.1) is 5.82 Å². The number of rotatable bonds is 4. The third-order valence-electron chi connectivity index (χ3n) is 5.41. The van der Waals surface area contributed by atoms with Gasteiger partial charge in [-0.2, -0.15) is 0 Å². The number of hydrogen-bond donors (Lipinski definition) is 1. The second-order valence-electron chi connectivity index (χ2n) is 7.44. The number of nitrogens with one attached hydrogen (secondary N) is 1. The van der Waals surface area contributed by atoms with Gasteiger partial charge in [-0.1, -0.05) is 12.1 Å². The zero-order valence-electron chi connectivity index (χ0n) is 16.0. The molecule has 4 rings (SSSR count). The van der Waals surface area contributed by atoms with Crippen molar-refractivity contribution >= 4 is 5.91 Å². The lowest BCUT2D eigenvalue weighted by Gasteiger charge is -2.31. The van der Waals surface area contributed by atoms with Crippen LogP contribution in [0.15, 0.2) is 30.5 Å². The largest absolute Gasteiger partial charge is 0.478 e. The third-order valence-corrected chi connectivity index (χ3v) is 5.41. The molecule has 2 aliphatic heterocycles. The van der Waals surface area contributed by atoms with Gasteiger partial charge in [0.05, 0.1) is 5.69 Å². The number of hydrogen-bond acceptors (Lipinski definition) is 5. The van der Waals surface area contributed by atoms with Gasteiger partial charge in [-0.05, 0) is 38.4 Å². The van der Waals surface area contributed by atoms with Gasteiger partial charge in [-0.15, -0.1) is 0 Å². The molecule has 0 spiro atoms. The lowest BCUT2D eigenvalue weighted by molar-refractivity contribution is -0.139. The van der Waals surface area contributed by atoms with Crippen LogP contribution in [0.1, 0.15) is 42.8 Å². The van der Waals surface area contributed by atoms with Crippen molar-refractivity contribution in [3.8, 4) is 5.75 Å². The summed E-state index contributed by atoms with van der Waals surface area (Å²) in [7, 11) is 0. The van der Waals surface area contributed by atoms with Crippen molar-refractivity contribution in [1.82, 2.24) is 20.2 Å². The molecule has 1 aromatic carbocycles. The maximum atomic E-state index is 13.8. The van der Waals surface area contributed by atoms with Crippen molar-refractivity contribution in [2.24, 2.45) is 0 Å². The van der Waals surface area contributed by atoms with Crippen LogP contribution in [0.25, 0.3) is 0 Å². The van der Waals surface area contributed by atoms with E-state index in [4.69, 9.17) is 9.72 Å². The van der Waals surface area contributed by atoms with Gasteiger partial charge < -0.3 is 15.0 Å². The zero-order chi connectivity index (χ0) is 19.5. The maximum Gasteiger partial charge on any atom is 0.263 e. The Balaban J connectivity index is 1.41. The molecule has 0 bridgehead atoms. The number of amides is 1. The molecule has 7 heteroatoms. The minimum atomic E-state index is -0.757. The number of aromatic nitrogens is 2. The molecule has 1 fully saturated rings. The first-order valence-electron chi connectivity index (χ1n) is 9.87. The van der Waals surface area contributed by atoms with Crippen molar-refractivity contribution in [2.45, 2.75) is 44.8 Å². The second-order valence-corrected chi connectivity index (χ2v) is 7.44. The van der Waals surface area contributed by atoms with E-state index < -0.39 is 11.9 Å². The van der Waals surface area contributed by atoms with Gasteiger partial charge in [0, 0.05) is 43.7 Å². The number of carbonyl (C=O) groups is 1. The van der Waals surface area contributed by atoms with Crippen LogP contribution in [0.2, 0.25) is 0 Å². The highest BCUT2D eigenvalue weighted by Gasteiger charge is 2.28. The molecule has 148 valence electrons. The number of piperidine rings is 1. The summed E-state index contributed by atoms with van der Waals surface area (Å²) in [5, 5.41) is 3.40. The summed E-state index contributed by atoms with van der Waals surface area (Å²) >= 11 is 0. The van der Waals surface area contributed by atoms with E-state index in [1.165, 1.54) is 12.1 Å². The van der Waals surface area contributed by atoms with Crippen molar-refractivity contribution < 1.29 is 13.9 Å². The lowest BCUT2D eigenvalue weighted by atomic mass is 9.98. The van der Waals surface area contributed by atoms with Gasteiger partial charge in [-0.3, -0.25) is 4.79 Å². The Morgan fingerprint density at radius 3 is 3.04 bits per heavy atom. The molecule has 1 amide bonds.